The van der Waals surface area contributed by atoms with Crippen LogP contribution in [-0.4, -0.2) is 50.5 Å². The molecular weight excluding hydrogens is 518 g/mol. The van der Waals surface area contributed by atoms with E-state index in [9.17, 15) is 5.26 Å². The zero-order chi connectivity index (χ0) is 27.8. The van der Waals surface area contributed by atoms with Crippen molar-refractivity contribution in [3.63, 3.8) is 0 Å². The molecule has 0 atom stereocenters. The first-order valence-corrected chi connectivity index (χ1v) is 14.3. The Hall–Kier alpha value is -4.33. The highest BCUT2D eigenvalue weighted by molar-refractivity contribution is 7.16. The Kier molecular flexibility index (Phi) is 6.92. The van der Waals surface area contributed by atoms with Crippen LogP contribution in [0.15, 0.2) is 55.0 Å². The minimum Gasteiger partial charge on any atom is -0.341 e. The summed E-state index contributed by atoms with van der Waals surface area (Å²) in [5.74, 6) is 1.67. The summed E-state index contributed by atoms with van der Waals surface area (Å²) >= 11 is 1.39. The van der Waals surface area contributed by atoms with Crippen molar-refractivity contribution >= 4 is 33.9 Å². The van der Waals surface area contributed by atoms with Crippen LogP contribution in [0, 0.1) is 18.3 Å². The average Bonchev–Trinajstić information content (AvgIpc) is 3.59. The minimum atomic E-state index is 0.267. The Bertz CT molecular complexity index is 1690. The van der Waals surface area contributed by atoms with Crippen molar-refractivity contribution in [3.8, 4) is 28.5 Å². The van der Waals surface area contributed by atoms with Crippen molar-refractivity contribution in [2.24, 2.45) is 5.73 Å². The van der Waals surface area contributed by atoms with Crippen LogP contribution in [0.2, 0.25) is 0 Å². The summed E-state index contributed by atoms with van der Waals surface area (Å²) < 4.78 is 2.09. The van der Waals surface area contributed by atoms with Crippen molar-refractivity contribution in [2.75, 3.05) is 29.9 Å². The van der Waals surface area contributed by atoms with Gasteiger partial charge in [0, 0.05) is 61.5 Å². The van der Waals surface area contributed by atoms with E-state index in [0.717, 1.165) is 77.3 Å². The second-order valence-corrected chi connectivity index (χ2v) is 11.2. The molecule has 1 aliphatic heterocycles. The summed E-state index contributed by atoms with van der Waals surface area (Å²) in [5.41, 5.74) is 12.6. The summed E-state index contributed by atoms with van der Waals surface area (Å²) in [5, 5.41) is 10.6. The molecule has 0 saturated carbocycles. The molecule has 0 aliphatic carbocycles. The molecule has 10 heteroatoms. The third kappa shape index (κ3) is 4.78. The van der Waals surface area contributed by atoms with Crippen LogP contribution >= 0.6 is 11.3 Å². The van der Waals surface area contributed by atoms with E-state index in [2.05, 4.69) is 44.5 Å². The number of imidazole rings is 1. The van der Waals surface area contributed by atoms with E-state index in [1.165, 1.54) is 16.9 Å². The second kappa shape index (κ2) is 10.7. The molecule has 40 heavy (non-hydrogen) atoms. The maximum atomic E-state index is 9.87. The predicted molar refractivity (Wildman–Crippen MR) is 160 cm³/mol. The van der Waals surface area contributed by atoms with Crippen LogP contribution in [0.1, 0.15) is 35.9 Å². The fraction of sp³-hybridized carbons (Fsp3) is 0.300. The summed E-state index contributed by atoms with van der Waals surface area (Å²) in [7, 11) is 1.98. The van der Waals surface area contributed by atoms with E-state index < -0.39 is 0 Å². The van der Waals surface area contributed by atoms with Crippen molar-refractivity contribution in [2.45, 2.75) is 39.2 Å². The Morgan fingerprint density at radius 1 is 1.02 bits per heavy atom. The number of hydrogen-bond acceptors (Lipinski definition) is 9. The highest BCUT2D eigenvalue weighted by Gasteiger charge is 2.22. The topological polar surface area (TPSA) is 112 Å². The molecule has 1 fully saturated rings. The van der Waals surface area contributed by atoms with E-state index in [1.807, 2.05) is 61.6 Å². The molecule has 0 bridgehead atoms. The Balaban J connectivity index is 1.35. The monoisotopic (exact) mass is 549 g/mol. The molecular formula is C30H31N9S. The van der Waals surface area contributed by atoms with Gasteiger partial charge in [0.15, 0.2) is 5.13 Å². The molecule has 202 valence electrons. The normalized spacial score (nSPS) is 14.0. The van der Waals surface area contributed by atoms with E-state index in [0.29, 0.717) is 10.6 Å². The fourth-order valence-electron chi connectivity index (χ4n) is 5.10. The molecule has 5 heterocycles. The minimum absolute atomic E-state index is 0.267. The van der Waals surface area contributed by atoms with Gasteiger partial charge in [0.2, 0.25) is 5.95 Å². The number of pyridine rings is 1. The smallest absolute Gasteiger partial charge is 0.225 e. The second-order valence-electron chi connectivity index (χ2n) is 10.2. The lowest BCUT2D eigenvalue weighted by Crippen LogP contribution is -2.40. The molecule has 1 saturated heterocycles. The molecule has 1 aliphatic rings. The predicted octanol–water partition coefficient (Wildman–Crippen LogP) is 5.35. The highest BCUT2D eigenvalue weighted by Crippen LogP contribution is 2.37. The van der Waals surface area contributed by atoms with Gasteiger partial charge in [-0.2, -0.15) is 5.26 Å². The lowest BCUT2D eigenvalue weighted by molar-refractivity contribution is 0.495. The number of piperidine rings is 1. The van der Waals surface area contributed by atoms with Crippen LogP contribution in [0.5, 0.6) is 0 Å². The maximum Gasteiger partial charge on any atom is 0.225 e. The molecule has 0 amide bonds. The van der Waals surface area contributed by atoms with Gasteiger partial charge in [0.25, 0.3) is 0 Å². The molecule has 2 N–H and O–H groups in total. The number of nitrogens with zero attached hydrogens (tertiary/aromatic N) is 8. The summed E-state index contributed by atoms with van der Waals surface area (Å²) in [6, 6.07) is 14.8. The summed E-state index contributed by atoms with van der Waals surface area (Å²) in [6.45, 7) is 5.91. The van der Waals surface area contributed by atoms with Gasteiger partial charge in [0.05, 0.1) is 5.69 Å². The van der Waals surface area contributed by atoms with Crippen LogP contribution < -0.4 is 15.5 Å². The number of rotatable bonds is 6. The molecule has 5 aromatic rings. The largest absolute Gasteiger partial charge is 0.341 e. The third-order valence-corrected chi connectivity index (χ3v) is 8.48. The number of benzene rings is 1. The van der Waals surface area contributed by atoms with Crippen molar-refractivity contribution in [1.82, 2.24) is 24.3 Å². The molecule has 1 aromatic carbocycles. The Labute approximate surface area is 237 Å². The van der Waals surface area contributed by atoms with Gasteiger partial charge in [0.1, 0.15) is 28.1 Å². The van der Waals surface area contributed by atoms with Crippen LogP contribution in [0.25, 0.3) is 28.0 Å². The fourth-order valence-corrected chi connectivity index (χ4v) is 5.95. The number of aromatic nitrogens is 5. The van der Waals surface area contributed by atoms with Gasteiger partial charge < -0.3 is 15.5 Å². The zero-order valence-corrected chi connectivity index (χ0v) is 23.7. The van der Waals surface area contributed by atoms with E-state index in [1.54, 1.807) is 0 Å². The van der Waals surface area contributed by atoms with Crippen LogP contribution in [0.4, 0.5) is 16.9 Å². The quantitative estimate of drug-likeness (QED) is 0.302. The number of thiazole rings is 1. The van der Waals surface area contributed by atoms with Gasteiger partial charge >= 0.3 is 0 Å². The van der Waals surface area contributed by atoms with Crippen molar-refractivity contribution in [1.29, 1.82) is 5.26 Å². The SMILES string of the molecule is CCc1nc2ccc(-c3cnc(N4CCC(N)CC4)nc3)cn2c1N(C)c1nc(-c2ccc(C)cc2)c(C#N)s1. The first kappa shape index (κ1) is 25.9. The van der Waals surface area contributed by atoms with Crippen molar-refractivity contribution < 1.29 is 0 Å². The maximum absolute atomic E-state index is 9.87. The van der Waals surface area contributed by atoms with Gasteiger partial charge in [-0.3, -0.25) is 4.40 Å². The number of nitriles is 1. The van der Waals surface area contributed by atoms with Gasteiger partial charge in [-0.05, 0) is 38.3 Å². The summed E-state index contributed by atoms with van der Waals surface area (Å²) in [4.78, 5) is 24.0. The Morgan fingerprint density at radius 2 is 1.73 bits per heavy atom. The van der Waals surface area contributed by atoms with Crippen molar-refractivity contribution in [3.05, 3.63) is 71.1 Å². The van der Waals surface area contributed by atoms with Gasteiger partial charge in [-0.1, -0.05) is 48.1 Å². The lowest BCUT2D eigenvalue weighted by Gasteiger charge is -2.30. The van der Waals surface area contributed by atoms with E-state index >= 15 is 0 Å². The van der Waals surface area contributed by atoms with Crippen LogP contribution in [-0.2, 0) is 6.42 Å². The summed E-state index contributed by atoms with van der Waals surface area (Å²) in [6.07, 6.45) is 8.51. The molecule has 0 unspecified atom stereocenters. The third-order valence-electron chi connectivity index (χ3n) is 7.44. The number of aryl methyl sites for hydroxylation is 2. The first-order chi connectivity index (χ1) is 19.4. The standard InChI is InChI=1S/C30H31N9S/c1-4-24-28(37(3)30-36-27(25(15-31)40-30)20-7-5-19(2)6-8-20)39-18-21(9-10-26(39)35-24)22-16-33-29(34-17-22)38-13-11-23(32)12-14-38/h5-10,16-18,23H,4,11-14,32H2,1-3H3. The van der Waals surface area contributed by atoms with Gasteiger partial charge in [-0.15, -0.1) is 0 Å². The molecule has 6 rings (SSSR count). The zero-order valence-electron chi connectivity index (χ0n) is 22.9. The van der Waals surface area contributed by atoms with Crippen LogP contribution in [0.3, 0.4) is 0 Å². The van der Waals surface area contributed by atoms with Gasteiger partial charge in [-0.25, -0.2) is 19.9 Å². The molecule has 4 aromatic heterocycles. The van der Waals surface area contributed by atoms with E-state index in [4.69, 9.17) is 15.7 Å². The molecule has 9 nitrogen and oxygen atoms in total. The number of nitrogens with two attached hydrogens (primary N) is 1. The Morgan fingerprint density at radius 3 is 2.40 bits per heavy atom. The average molecular weight is 550 g/mol. The highest BCUT2D eigenvalue weighted by atomic mass is 32.1. The van der Waals surface area contributed by atoms with E-state index in [-0.39, 0.29) is 6.04 Å². The number of hydrogen-bond donors (Lipinski definition) is 1. The number of fused-ring (bicyclic) bond motifs is 1. The first-order valence-electron chi connectivity index (χ1n) is 13.5. The lowest BCUT2D eigenvalue weighted by atomic mass is 10.1. The number of anilines is 3. The molecule has 0 radical (unpaired) electrons. The molecule has 0 spiro atoms.